The van der Waals surface area contributed by atoms with Gasteiger partial charge in [0.15, 0.2) is 11.5 Å². The second kappa shape index (κ2) is 11.3. The number of hydrogen-bond donors (Lipinski definition) is 1. The lowest BCUT2D eigenvalue weighted by molar-refractivity contribution is -0.192. The van der Waals surface area contributed by atoms with E-state index in [1.54, 1.807) is 22.6 Å². The number of rotatable bonds is 7. The number of aromatic nitrogens is 5. The molecule has 4 aromatic rings. The number of carboxylic acids is 1. The fraction of sp³-hybridized carbons (Fsp3) is 0.348. The summed E-state index contributed by atoms with van der Waals surface area (Å²) in [6, 6.07) is 5.78. The fourth-order valence-corrected chi connectivity index (χ4v) is 3.89. The molecule has 1 N–H and O–H groups in total. The van der Waals surface area contributed by atoms with Crippen LogP contribution in [0.25, 0.3) is 17.0 Å². The van der Waals surface area contributed by atoms with Gasteiger partial charge >= 0.3 is 12.1 Å². The van der Waals surface area contributed by atoms with Crippen molar-refractivity contribution in [2.75, 3.05) is 13.6 Å². The second-order valence-corrected chi connectivity index (χ2v) is 8.97. The van der Waals surface area contributed by atoms with Crippen molar-refractivity contribution in [1.29, 1.82) is 0 Å². The molecule has 0 atom stereocenters. The lowest BCUT2D eigenvalue weighted by atomic mass is 10.2. The van der Waals surface area contributed by atoms with Crippen LogP contribution in [0, 0.1) is 6.92 Å². The summed E-state index contributed by atoms with van der Waals surface area (Å²) in [4.78, 5) is 37.4. The Morgan fingerprint density at radius 2 is 1.94 bits per heavy atom. The Hall–Kier alpha value is -3.74. The first kappa shape index (κ1) is 26.9. The summed E-state index contributed by atoms with van der Waals surface area (Å²) >= 11 is 1.64. The molecule has 0 aliphatic rings. The van der Waals surface area contributed by atoms with Crippen molar-refractivity contribution in [2.24, 2.45) is 0 Å². The highest BCUT2D eigenvalue weighted by molar-refractivity contribution is 7.09. The normalized spacial score (nSPS) is 11.3. The van der Waals surface area contributed by atoms with E-state index in [2.05, 4.69) is 22.3 Å². The van der Waals surface area contributed by atoms with Crippen molar-refractivity contribution in [1.82, 2.24) is 28.8 Å². The van der Waals surface area contributed by atoms with Crippen LogP contribution in [-0.4, -0.2) is 65.6 Å². The van der Waals surface area contributed by atoms with Gasteiger partial charge in [-0.25, -0.2) is 19.7 Å². The SMILES string of the molecule is CCCCN(C)C(=O)c1nc(-c2cn(Cc3csc(C)n3)cn2)n2ccccc12.O=C(O)C(F)(F)F. The summed E-state index contributed by atoms with van der Waals surface area (Å²) in [5, 5.41) is 10.2. The highest BCUT2D eigenvalue weighted by Crippen LogP contribution is 2.23. The van der Waals surface area contributed by atoms with Crippen LogP contribution in [0.2, 0.25) is 0 Å². The molecule has 13 heteroatoms. The van der Waals surface area contributed by atoms with E-state index in [1.165, 1.54) is 0 Å². The van der Waals surface area contributed by atoms with Crippen LogP contribution in [0.15, 0.2) is 42.3 Å². The van der Waals surface area contributed by atoms with Gasteiger partial charge in [0.25, 0.3) is 5.91 Å². The number of nitrogens with zero attached hydrogens (tertiary/aromatic N) is 6. The fourth-order valence-electron chi connectivity index (χ4n) is 3.28. The van der Waals surface area contributed by atoms with E-state index < -0.39 is 12.1 Å². The monoisotopic (exact) mass is 522 g/mol. The summed E-state index contributed by atoms with van der Waals surface area (Å²) in [5.41, 5.74) is 3.00. The number of aliphatic carboxylic acids is 1. The standard InChI is InChI=1S/C21H24N6OS.C2HF3O2/c1-4-5-9-25(3)21(28)19-18-8-6-7-10-27(18)20(24-19)17-12-26(14-22-17)11-16-13-29-15(2)23-16;3-2(4,5)1(6)7/h6-8,10,12-14H,4-5,9,11H2,1-3H3;(H,6,7). The smallest absolute Gasteiger partial charge is 0.475 e. The third kappa shape index (κ3) is 6.47. The molecule has 0 aliphatic carbocycles. The van der Waals surface area contributed by atoms with Crippen LogP contribution in [0.1, 0.15) is 41.0 Å². The van der Waals surface area contributed by atoms with E-state index in [-0.39, 0.29) is 5.91 Å². The predicted octanol–water partition coefficient (Wildman–Crippen LogP) is 4.52. The van der Waals surface area contributed by atoms with E-state index >= 15 is 0 Å². The van der Waals surface area contributed by atoms with E-state index in [0.717, 1.165) is 41.3 Å². The highest BCUT2D eigenvalue weighted by Gasteiger charge is 2.38. The zero-order chi connectivity index (χ0) is 26.5. The van der Waals surface area contributed by atoms with Crippen molar-refractivity contribution < 1.29 is 27.9 Å². The third-order valence-corrected chi connectivity index (χ3v) is 5.88. The van der Waals surface area contributed by atoms with Gasteiger partial charge in [0.1, 0.15) is 5.69 Å². The second-order valence-electron chi connectivity index (χ2n) is 7.91. The number of fused-ring (bicyclic) bond motifs is 1. The molecule has 0 bridgehead atoms. The number of carbonyl (C=O) groups is 2. The van der Waals surface area contributed by atoms with Crippen LogP contribution < -0.4 is 0 Å². The topological polar surface area (TPSA) is 106 Å². The molecule has 0 fully saturated rings. The van der Waals surface area contributed by atoms with Crippen LogP contribution in [-0.2, 0) is 11.3 Å². The zero-order valence-corrected chi connectivity index (χ0v) is 20.7. The van der Waals surface area contributed by atoms with Crippen LogP contribution in [0.4, 0.5) is 13.2 Å². The molecule has 192 valence electrons. The summed E-state index contributed by atoms with van der Waals surface area (Å²) in [5.74, 6) is -2.15. The van der Waals surface area contributed by atoms with Gasteiger partial charge in [0, 0.05) is 31.4 Å². The van der Waals surface area contributed by atoms with Crippen molar-refractivity contribution in [2.45, 2.75) is 39.4 Å². The number of unbranched alkanes of at least 4 members (excludes halogenated alkanes) is 1. The Bertz CT molecular complexity index is 1340. The lowest BCUT2D eigenvalue weighted by Crippen LogP contribution is -2.28. The van der Waals surface area contributed by atoms with E-state index in [0.29, 0.717) is 18.1 Å². The van der Waals surface area contributed by atoms with Gasteiger partial charge in [-0.3, -0.25) is 9.20 Å². The first-order chi connectivity index (χ1) is 17.0. The largest absolute Gasteiger partial charge is 0.490 e. The molecular weight excluding hydrogens is 497 g/mol. The van der Waals surface area contributed by atoms with E-state index in [4.69, 9.17) is 14.9 Å². The number of thiazole rings is 1. The number of carbonyl (C=O) groups excluding carboxylic acids is 1. The maximum Gasteiger partial charge on any atom is 0.490 e. The van der Waals surface area contributed by atoms with Crippen molar-refractivity contribution >= 4 is 28.7 Å². The van der Waals surface area contributed by atoms with E-state index in [1.807, 2.05) is 53.5 Å². The molecule has 0 aromatic carbocycles. The summed E-state index contributed by atoms with van der Waals surface area (Å²) in [6.45, 7) is 5.50. The average molecular weight is 523 g/mol. The number of alkyl halides is 3. The maximum atomic E-state index is 13.0. The maximum absolute atomic E-state index is 13.0. The van der Waals surface area contributed by atoms with Gasteiger partial charge in [0.2, 0.25) is 0 Å². The van der Waals surface area contributed by atoms with Crippen LogP contribution in [0.5, 0.6) is 0 Å². The first-order valence-corrected chi connectivity index (χ1v) is 11.8. The molecule has 36 heavy (non-hydrogen) atoms. The summed E-state index contributed by atoms with van der Waals surface area (Å²) in [7, 11) is 1.83. The Morgan fingerprint density at radius 3 is 2.56 bits per heavy atom. The predicted molar refractivity (Wildman–Crippen MR) is 128 cm³/mol. The number of hydrogen-bond acceptors (Lipinski definition) is 6. The Kier molecular flexibility index (Phi) is 8.45. The molecule has 1 amide bonds. The first-order valence-electron chi connectivity index (χ1n) is 11.0. The molecule has 4 heterocycles. The summed E-state index contributed by atoms with van der Waals surface area (Å²) in [6.07, 6.45) is 2.59. The van der Waals surface area contributed by atoms with E-state index in [9.17, 15) is 18.0 Å². The minimum Gasteiger partial charge on any atom is -0.475 e. The van der Waals surface area contributed by atoms with Gasteiger partial charge in [-0.1, -0.05) is 19.4 Å². The Labute approximate surface area is 208 Å². The minimum atomic E-state index is -5.08. The molecule has 4 aromatic heterocycles. The zero-order valence-electron chi connectivity index (χ0n) is 19.9. The number of amides is 1. The summed E-state index contributed by atoms with van der Waals surface area (Å²) < 4.78 is 35.7. The molecular formula is C23H25F3N6O3S. The lowest BCUT2D eigenvalue weighted by Gasteiger charge is -2.15. The van der Waals surface area contributed by atoms with Gasteiger partial charge in [-0.15, -0.1) is 11.3 Å². The minimum absolute atomic E-state index is 0.0641. The molecule has 0 unspecified atom stereocenters. The van der Waals surface area contributed by atoms with Gasteiger partial charge in [0.05, 0.1) is 29.1 Å². The Balaban J connectivity index is 0.000000454. The molecule has 4 rings (SSSR count). The Morgan fingerprint density at radius 1 is 1.22 bits per heavy atom. The van der Waals surface area contributed by atoms with Crippen molar-refractivity contribution in [3.63, 3.8) is 0 Å². The van der Waals surface area contributed by atoms with Gasteiger partial charge in [-0.2, -0.15) is 13.2 Å². The number of carboxylic acid groups (broad SMARTS) is 1. The third-order valence-electron chi connectivity index (χ3n) is 5.06. The van der Waals surface area contributed by atoms with Crippen LogP contribution in [0.3, 0.4) is 0 Å². The average Bonchev–Trinajstić information content (AvgIpc) is 3.55. The number of aryl methyl sites for hydroxylation is 1. The van der Waals surface area contributed by atoms with Gasteiger partial charge in [-0.05, 0) is 25.5 Å². The van der Waals surface area contributed by atoms with Gasteiger partial charge < -0.3 is 14.6 Å². The van der Waals surface area contributed by atoms with Crippen LogP contribution >= 0.6 is 11.3 Å². The quantitative estimate of drug-likeness (QED) is 0.383. The molecule has 0 saturated heterocycles. The number of imidazole rings is 2. The molecule has 0 radical (unpaired) electrons. The molecule has 9 nitrogen and oxygen atoms in total. The highest BCUT2D eigenvalue weighted by atomic mass is 32.1. The number of halogens is 3. The molecule has 0 saturated carbocycles. The van der Waals surface area contributed by atoms with Crippen molar-refractivity contribution in [3.8, 4) is 11.5 Å². The molecule has 0 spiro atoms. The number of pyridine rings is 1. The van der Waals surface area contributed by atoms with Crippen molar-refractivity contribution in [3.05, 3.63) is 58.7 Å². The molecule has 0 aliphatic heterocycles.